The van der Waals surface area contributed by atoms with Crippen molar-refractivity contribution in [2.45, 2.75) is 34.1 Å². The number of rotatable bonds is 1. The molecule has 0 fully saturated rings. The van der Waals surface area contributed by atoms with Crippen LogP contribution in [0.25, 0.3) is 0 Å². The van der Waals surface area contributed by atoms with Crippen molar-refractivity contribution in [3.63, 3.8) is 0 Å². The maximum atomic E-state index is 3.50. The first kappa shape index (κ1) is 9.06. The van der Waals surface area contributed by atoms with Crippen LogP contribution < -0.4 is 5.09 Å². The fourth-order valence-corrected chi connectivity index (χ4v) is 2.89. The molecule has 1 atom stereocenters. The zero-order chi connectivity index (χ0) is 8.48. The maximum absolute atomic E-state index is 3.50. The monoisotopic (exact) mass is 171 g/mol. The van der Waals surface area contributed by atoms with E-state index in [0.29, 0.717) is 5.41 Å². The second kappa shape index (κ2) is 3.15. The van der Waals surface area contributed by atoms with E-state index in [9.17, 15) is 0 Å². The zero-order valence-corrected chi connectivity index (χ0v) is 8.91. The van der Waals surface area contributed by atoms with Crippen molar-refractivity contribution in [2.24, 2.45) is 5.41 Å². The number of nitrogens with one attached hydrogen (secondary N) is 1. The second-order valence-electron chi connectivity index (χ2n) is 4.06. The highest BCUT2D eigenvalue weighted by Crippen LogP contribution is 2.36. The molecule has 11 heavy (non-hydrogen) atoms. The molecule has 1 nitrogen and oxygen atoms in total. The van der Waals surface area contributed by atoms with Crippen LogP contribution >= 0.6 is 8.73 Å². The molecular weight excluding hydrogens is 153 g/mol. The highest BCUT2D eigenvalue weighted by Gasteiger charge is 2.23. The molecule has 0 saturated carbocycles. The molecule has 0 amide bonds. The molecule has 0 spiro atoms. The predicted octanol–water partition coefficient (Wildman–Crippen LogP) is 2.89. The van der Waals surface area contributed by atoms with Gasteiger partial charge in [0.2, 0.25) is 0 Å². The Morgan fingerprint density at radius 2 is 2.09 bits per heavy atom. The third kappa shape index (κ3) is 1.96. The molecule has 0 aromatic rings. The summed E-state index contributed by atoms with van der Waals surface area (Å²) in [6.45, 7) is 9.08. The fourth-order valence-electron chi connectivity index (χ4n) is 1.44. The Hall–Kier alpha value is -0.0300. The van der Waals surface area contributed by atoms with Crippen LogP contribution in [0.4, 0.5) is 0 Å². The van der Waals surface area contributed by atoms with E-state index in [4.69, 9.17) is 0 Å². The summed E-state index contributed by atoms with van der Waals surface area (Å²) in [6, 6.07) is 0. The molecule has 1 heterocycles. The first-order valence-corrected chi connectivity index (χ1v) is 5.47. The number of hydrogen-bond acceptors (Lipinski definition) is 1. The van der Waals surface area contributed by atoms with Gasteiger partial charge in [-0.1, -0.05) is 27.7 Å². The van der Waals surface area contributed by atoms with E-state index >= 15 is 0 Å². The molecule has 0 aromatic carbocycles. The number of hydrogen-bond donors (Lipinski definition) is 1. The summed E-state index contributed by atoms with van der Waals surface area (Å²) in [4.78, 5) is 0. The summed E-state index contributed by atoms with van der Waals surface area (Å²) >= 11 is 0. The van der Waals surface area contributed by atoms with Gasteiger partial charge in [-0.3, -0.25) is 0 Å². The van der Waals surface area contributed by atoms with Crippen molar-refractivity contribution in [3.05, 3.63) is 11.3 Å². The van der Waals surface area contributed by atoms with Crippen LogP contribution in [0.15, 0.2) is 11.3 Å². The van der Waals surface area contributed by atoms with Gasteiger partial charge < -0.3 is 5.09 Å². The Morgan fingerprint density at radius 1 is 1.45 bits per heavy atom. The standard InChI is InChI=1S/C9H18NP/c1-5-7-6-11-10-8(7)9(2,3)4/h10-11H,5-6H2,1-4H3. The zero-order valence-electron chi connectivity index (χ0n) is 7.91. The van der Waals surface area contributed by atoms with Crippen molar-refractivity contribution in [2.75, 3.05) is 6.16 Å². The molecule has 2 heteroatoms. The first-order chi connectivity index (χ1) is 5.05. The van der Waals surface area contributed by atoms with Crippen LogP contribution in [0.2, 0.25) is 0 Å². The van der Waals surface area contributed by atoms with Gasteiger partial charge in [0, 0.05) is 17.3 Å². The minimum Gasteiger partial charge on any atom is -0.369 e. The second-order valence-corrected chi connectivity index (χ2v) is 5.02. The predicted molar refractivity (Wildman–Crippen MR) is 53.1 cm³/mol. The topological polar surface area (TPSA) is 12.0 Å². The van der Waals surface area contributed by atoms with Crippen LogP contribution in [0, 0.1) is 5.41 Å². The van der Waals surface area contributed by atoms with Crippen molar-refractivity contribution in [3.8, 4) is 0 Å². The SMILES string of the molecule is CCC1=C(C(C)(C)C)NPC1. The van der Waals surface area contributed by atoms with Crippen molar-refractivity contribution in [1.29, 1.82) is 0 Å². The molecular formula is C9H18NP. The summed E-state index contributed by atoms with van der Waals surface area (Å²) in [5, 5.41) is 3.50. The summed E-state index contributed by atoms with van der Waals surface area (Å²) in [7, 11) is 0.926. The van der Waals surface area contributed by atoms with Crippen molar-refractivity contribution < 1.29 is 0 Å². The molecule has 1 unspecified atom stereocenters. The molecule has 1 aliphatic rings. The Kier molecular flexibility index (Phi) is 2.59. The lowest BCUT2D eigenvalue weighted by atomic mass is 9.89. The first-order valence-electron chi connectivity index (χ1n) is 4.27. The molecule has 1 N–H and O–H groups in total. The maximum Gasteiger partial charge on any atom is 0.0188 e. The quantitative estimate of drug-likeness (QED) is 0.598. The molecule has 1 rings (SSSR count). The summed E-state index contributed by atoms with van der Waals surface area (Å²) < 4.78 is 0. The Bertz CT molecular complexity index is 176. The van der Waals surface area contributed by atoms with Gasteiger partial charge in [-0.15, -0.1) is 0 Å². The lowest BCUT2D eigenvalue weighted by Gasteiger charge is -2.22. The van der Waals surface area contributed by atoms with E-state index in [0.717, 1.165) is 8.73 Å². The van der Waals surface area contributed by atoms with E-state index in [2.05, 4.69) is 32.8 Å². The van der Waals surface area contributed by atoms with Crippen LogP contribution in [0.5, 0.6) is 0 Å². The van der Waals surface area contributed by atoms with Crippen LogP contribution in [0.1, 0.15) is 34.1 Å². The molecule has 0 saturated heterocycles. The third-order valence-corrected chi connectivity index (χ3v) is 3.08. The molecule has 0 radical (unpaired) electrons. The molecule has 0 aliphatic carbocycles. The van der Waals surface area contributed by atoms with Crippen molar-refractivity contribution in [1.82, 2.24) is 5.09 Å². The highest BCUT2D eigenvalue weighted by molar-refractivity contribution is 7.36. The average Bonchev–Trinajstić information content (AvgIpc) is 2.31. The van der Waals surface area contributed by atoms with Crippen molar-refractivity contribution >= 4 is 8.73 Å². The van der Waals surface area contributed by atoms with Crippen LogP contribution in [0.3, 0.4) is 0 Å². The van der Waals surface area contributed by atoms with Gasteiger partial charge >= 0.3 is 0 Å². The Balaban J connectivity index is 2.83. The number of allylic oxidation sites excluding steroid dienone is 2. The largest absolute Gasteiger partial charge is 0.369 e. The minimum absolute atomic E-state index is 0.328. The normalized spacial score (nSPS) is 21.1. The Morgan fingerprint density at radius 3 is 2.45 bits per heavy atom. The highest BCUT2D eigenvalue weighted by atomic mass is 31.1. The van der Waals surface area contributed by atoms with Gasteiger partial charge in [-0.25, -0.2) is 0 Å². The van der Waals surface area contributed by atoms with Gasteiger partial charge in [-0.05, 0) is 20.7 Å². The van der Waals surface area contributed by atoms with Gasteiger partial charge in [0.1, 0.15) is 0 Å². The van der Waals surface area contributed by atoms with E-state index in [1.807, 2.05) is 0 Å². The average molecular weight is 171 g/mol. The van der Waals surface area contributed by atoms with E-state index in [1.54, 1.807) is 5.57 Å². The molecule has 1 aliphatic heterocycles. The van der Waals surface area contributed by atoms with Crippen LogP contribution in [-0.2, 0) is 0 Å². The molecule has 64 valence electrons. The van der Waals surface area contributed by atoms with Gasteiger partial charge in [0.25, 0.3) is 0 Å². The van der Waals surface area contributed by atoms with Gasteiger partial charge in [0.15, 0.2) is 0 Å². The van der Waals surface area contributed by atoms with Crippen LogP contribution in [-0.4, -0.2) is 6.16 Å². The van der Waals surface area contributed by atoms with Gasteiger partial charge in [0.05, 0.1) is 0 Å². The third-order valence-electron chi connectivity index (χ3n) is 2.05. The smallest absolute Gasteiger partial charge is 0.0188 e. The summed E-state index contributed by atoms with van der Waals surface area (Å²) in [6.07, 6.45) is 2.50. The van der Waals surface area contributed by atoms with E-state index in [1.165, 1.54) is 18.3 Å². The van der Waals surface area contributed by atoms with E-state index < -0.39 is 0 Å². The lowest BCUT2D eigenvalue weighted by Crippen LogP contribution is -2.17. The minimum atomic E-state index is 0.328. The summed E-state index contributed by atoms with van der Waals surface area (Å²) in [5.74, 6) is 0. The molecule has 0 aromatic heterocycles. The molecule has 0 bridgehead atoms. The lowest BCUT2D eigenvalue weighted by molar-refractivity contribution is 0.484. The fraction of sp³-hybridized carbons (Fsp3) is 0.778. The van der Waals surface area contributed by atoms with Gasteiger partial charge in [-0.2, -0.15) is 0 Å². The van der Waals surface area contributed by atoms with E-state index in [-0.39, 0.29) is 0 Å². The Labute approximate surface area is 71.5 Å². The summed E-state index contributed by atoms with van der Waals surface area (Å²) in [5.41, 5.74) is 3.46.